The highest BCUT2D eigenvalue weighted by molar-refractivity contribution is 7.89. The maximum absolute atomic E-state index is 12.9. The first kappa shape index (κ1) is 21.4. The topological polar surface area (TPSA) is 106 Å². The second kappa shape index (κ2) is 9.13. The maximum Gasteiger partial charge on any atom is 0.255 e. The van der Waals surface area contributed by atoms with E-state index in [1.807, 2.05) is 36.5 Å². The molecule has 2 heterocycles. The van der Waals surface area contributed by atoms with Gasteiger partial charge in [-0.3, -0.25) is 9.78 Å². The zero-order valence-electron chi connectivity index (χ0n) is 17.2. The van der Waals surface area contributed by atoms with Gasteiger partial charge in [0, 0.05) is 42.1 Å². The summed E-state index contributed by atoms with van der Waals surface area (Å²) in [5.41, 5.74) is 2.60. The van der Waals surface area contributed by atoms with Crippen molar-refractivity contribution in [2.45, 2.75) is 17.9 Å². The molecule has 1 amide bonds. The third-order valence-electron chi connectivity index (χ3n) is 4.84. The molecule has 8 nitrogen and oxygen atoms in total. The number of sulfonamides is 1. The van der Waals surface area contributed by atoms with Gasteiger partial charge in [0.1, 0.15) is 0 Å². The van der Waals surface area contributed by atoms with E-state index in [1.54, 1.807) is 42.1 Å². The molecule has 2 aromatic heterocycles. The molecule has 0 aliphatic rings. The highest BCUT2D eigenvalue weighted by Gasteiger charge is 2.19. The summed E-state index contributed by atoms with van der Waals surface area (Å²) in [6, 6.07) is 18.1. The van der Waals surface area contributed by atoms with Crippen molar-refractivity contribution >= 4 is 21.6 Å². The molecule has 0 aliphatic heterocycles. The van der Waals surface area contributed by atoms with E-state index in [9.17, 15) is 13.2 Å². The van der Waals surface area contributed by atoms with Crippen molar-refractivity contribution in [1.29, 1.82) is 0 Å². The maximum atomic E-state index is 12.9. The van der Waals surface area contributed by atoms with Crippen LogP contribution in [0.1, 0.15) is 28.9 Å². The van der Waals surface area contributed by atoms with Crippen molar-refractivity contribution in [3.05, 3.63) is 103 Å². The van der Waals surface area contributed by atoms with E-state index in [4.69, 9.17) is 0 Å². The van der Waals surface area contributed by atoms with Gasteiger partial charge < -0.3 is 5.32 Å². The van der Waals surface area contributed by atoms with Crippen molar-refractivity contribution in [2.24, 2.45) is 0 Å². The largest absolute Gasteiger partial charge is 0.322 e. The van der Waals surface area contributed by atoms with Crippen LogP contribution in [0.4, 0.5) is 5.69 Å². The van der Waals surface area contributed by atoms with Crippen LogP contribution in [0.25, 0.3) is 5.69 Å². The van der Waals surface area contributed by atoms with Crippen molar-refractivity contribution in [3.63, 3.8) is 0 Å². The highest BCUT2D eigenvalue weighted by atomic mass is 32.2. The summed E-state index contributed by atoms with van der Waals surface area (Å²) in [5.74, 6) is -0.299. The first-order valence-electron chi connectivity index (χ1n) is 9.86. The lowest BCUT2D eigenvalue weighted by atomic mass is 10.1. The molecule has 0 aliphatic carbocycles. The molecule has 0 fully saturated rings. The van der Waals surface area contributed by atoms with Crippen LogP contribution in [0, 0.1) is 0 Å². The minimum atomic E-state index is -3.77. The van der Waals surface area contributed by atoms with Crippen LogP contribution in [-0.4, -0.2) is 29.1 Å². The molecule has 4 rings (SSSR count). The van der Waals surface area contributed by atoms with Crippen LogP contribution in [0.5, 0.6) is 0 Å². The molecule has 0 spiro atoms. The van der Waals surface area contributed by atoms with Gasteiger partial charge in [-0.2, -0.15) is 5.10 Å². The zero-order chi connectivity index (χ0) is 22.6. The normalized spacial score (nSPS) is 12.3. The average molecular weight is 448 g/mol. The standard InChI is InChI=1S/C23H21N5O3S/c1-17(19-4-2-5-21(16-19)28-15-3-12-25-28)27-32(30,31)22-8-6-20(7-9-22)26-23(29)18-10-13-24-14-11-18/h2-17,27H,1H3,(H,26,29). The molecule has 4 aromatic rings. The summed E-state index contributed by atoms with van der Waals surface area (Å²) >= 11 is 0. The number of carbonyl (C=O) groups excluding carboxylic acids is 1. The molecular formula is C23H21N5O3S. The Morgan fingerprint density at radius 1 is 0.969 bits per heavy atom. The molecule has 9 heteroatoms. The van der Waals surface area contributed by atoms with E-state index in [0.29, 0.717) is 11.3 Å². The van der Waals surface area contributed by atoms with Gasteiger partial charge in [0.05, 0.1) is 10.6 Å². The average Bonchev–Trinajstić information content (AvgIpc) is 3.35. The van der Waals surface area contributed by atoms with Gasteiger partial charge in [-0.25, -0.2) is 17.8 Å². The SMILES string of the molecule is CC(NS(=O)(=O)c1ccc(NC(=O)c2ccncc2)cc1)c1cccc(-n2cccn2)c1. The fraction of sp³-hybridized carbons (Fsp3) is 0.0870. The van der Waals surface area contributed by atoms with E-state index in [2.05, 4.69) is 20.1 Å². The molecule has 1 atom stereocenters. The number of hydrogen-bond acceptors (Lipinski definition) is 5. The molecule has 0 radical (unpaired) electrons. The number of anilines is 1. The number of carbonyl (C=O) groups is 1. The summed E-state index contributed by atoms with van der Waals surface area (Å²) in [6.45, 7) is 1.78. The number of nitrogens with one attached hydrogen (secondary N) is 2. The Morgan fingerprint density at radius 3 is 2.41 bits per heavy atom. The lowest BCUT2D eigenvalue weighted by Gasteiger charge is -2.16. The molecule has 2 aromatic carbocycles. The number of hydrogen-bond donors (Lipinski definition) is 2. The van der Waals surface area contributed by atoms with Gasteiger partial charge in [0.25, 0.3) is 5.91 Å². The quantitative estimate of drug-likeness (QED) is 0.451. The number of pyridine rings is 1. The van der Waals surface area contributed by atoms with Crippen LogP contribution in [0.2, 0.25) is 0 Å². The number of benzene rings is 2. The third kappa shape index (κ3) is 4.90. The van der Waals surface area contributed by atoms with E-state index >= 15 is 0 Å². The number of nitrogens with zero attached hydrogens (tertiary/aromatic N) is 3. The van der Waals surface area contributed by atoms with Crippen LogP contribution < -0.4 is 10.0 Å². The molecule has 1 unspecified atom stereocenters. The molecule has 0 saturated carbocycles. The van der Waals surface area contributed by atoms with Crippen molar-refractivity contribution in [1.82, 2.24) is 19.5 Å². The van der Waals surface area contributed by atoms with Crippen LogP contribution >= 0.6 is 0 Å². The molecule has 32 heavy (non-hydrogen) atoms. The third-order valence-corrected chi connectivity index (χ3v) is 6.39. The van der Waals surface area contributed by atoms with Crippen molar-refractivity contribution in [2.75, 3.05) is 5.32 Å². The predicted molar refractivity (Wildman–Crippen MR) is 121 cm³/mol. The Bertz CT molecular complexity index is 1310. The summed E-state index contributed by atoms with van der Waals surface area (Å²) < 4.78 is 30.1. The molecule has 0 bridgehead atoms. The monoisotopic (exact) mass is 447 g/mol. The van der Waals surface area contributed by atoms with Gasteiger partial charge >= 0.3 is 0 Å². The Morgan fingerprint density at radius 2 is 1.72 bits per heavy atom. The fourth-order valence-corrected chi connectivity index (χ4v) is 4.38. The summed E-state index contributed by atoms with van der Waals surface area (Å²) in [4.78, 5) is 16.2. The number of aromatic nitrogens is 3. The van der Waals surface area contributed by atoms with Crippen LogP contribution in [0.15, 0.2) is 96.4 Å². The fourth-order valence-electron chi connectivity index (χ4n) is 3.15. The van der Waals surface area contributed by atoms with Crippen LogP contribution in [0.3, 0.4) is 0 Å². The smallest absolute Gasteiger partial charge is 0.255 e. The Labute approximate surface area is 186 Å². The van der Waals surface area contributed by atoms with Crippen molar-refractivity contribution < 1.29 is 13.2 Å². The lowest BCUT2D eigenvalue weighted by molar-refractivity contribution is 0.102. The van der Waals surface area contributed by atoms with Gasteiger partial charge in [-0.05, 0) is 67.1 Å². The summed E-state index contributed by atoms with van der Waals surface area (Å²) in [5, 5.41) is 6.93. The minimum absolute atomic E-state index is 0.106. The first-order valence-corrected chi connectivity index (χ1v) is 11.3. The second-order valence-corrected chi connectivity index (χ2v) is 8.82. The Hall–Kier alpha value is -3.82. The van der Waals surface area contributed by atoms with Gasteiger partial charge in [0.15, 0.2) is 0 Å². The van der Waals surface area contributed by atoms with E-state index < -0.39 is 16.1 Å². The van der Waals surface area contributed by atoms with E-state index in [1.165, 1.54) is 24.5 Å². The van der Waals surface area contributed by atoms with Gasteiger partial charge in [0.2, 0.25) is 10.0 Å². The van der Waals surface area contributed by atoms with Crippen molar-refractivity contribution in [3.8, 4) is 5.69 Å². The molecule has 0 saturated heterocycles. The second-order valence-electron chi connectivity index (χ2n) is 7.10. The Kier molecular flexibility index (Phi) is 6.11. The van der Waals surface area contributed by atoms with Gasteiger partial charge in [-0.15, -0.1) is 0 Å². The number of rotatable bonds is 7. The number of amides is 1. The van der Waals surface area contributed by atoms with Crippen LogP contribution in [-0.2, 0) is 10.0 Å². The van der Waals surface area contributed by atoms with Gasteiger partial charge in [-0.1, -0.05) is 12.1 Å². The van der Waals surface area contributed by atoms with E-state index in [0.717, 1.165) is 11.3 Å². The highest BCUT2D eigenvalue weighted by Crippen LogP contribution is 2.21. The lowest BCUT2D eigenvalue weighted by Crippen LogP contribution is -2.27. The predicted octanol–water partition coefficient (Wildman–Crippen LogP) is 3.56. The zero-order valence-corrected chi connectivity index (χ0v) is 18.0. The first-order chi connectivity index (χ1) is 15.4. The molecule has 162 valence electrons. The molecule has 2 N–H and O–H groups in total. The Balaban J connectivity index is 1.45. The molecular weight excluding hydrogens is 426 g/mol. The summed E-state index contributed by atoms with van der Waals surface area (Å²) in [6.07, 6.45) is 6.56. The van der Waals surface area contributed by atoms with E-state index in [-0.39, 0.29) is 10.8 Å². The summed E-state index contributed by atoms with van der Waals surface area (Å²) in [7, 11) is -3.77. The minimum Gasteiger partial charge on any atom is -0.322 e.